The second-order valence-corrected chi connectivity index (χ2v) is 6.65. The molecule has 0 aliphatic carbocycles. The molecule has 0 unspecified atom stereocenters. The van der Waals surface area contributed by atoms with Crippen molar-refractivity contribution in [3.63, 3.8) is 0 Å². The molecule has 1 aromatic rings. The Hall–Kier alpha value is -1.42. The fourth-order valence-corrected chi connectivity index (χ4v) is 3.05. The van der Waals surface area contributed by atoms with E-state index in [0.717, 1.165) is 25.3 Å². The summed E-state index contributed by atoms with van der Waals surface area (Å²) in [5, 5.41) is 8.59. The largest absolute Gasteiger partial charge is 0.384 e. The van der Waals surface area contributed by atoms with E-state index >= 15 is 0 Å². The lowest BCUT2D eigenvalue weighted by Gasteiger charge is -2.17. The molecule has 1 N–H and O–H groups in total. The van der Waals surface area contributed by atoms with Gasteiger partial charge in [-0.3, -0.25) is 0 Å². The van der Waals surface area contributed by atoms with E-state index in [0.29, 0.717) is 12.1 Å². The zero-order chi connectivity index (χ0) is 15.9. The van der Waals surface area contributed by atoms with E-state index in [4.69, 9.17) is 5.11 Å². The van der Waals surface area contributed by atoms with Crippen molar-refractivity contribution in [2.75, 3.05) is 20.2 Å². The van der Waals surface area contributed by atoms with Gasteiger partial charge in [0.1, 0.15) is 17.3 Å². The summed E-state index contributed by atoms with van der Waals surface area (Å²) in [6.07, 6.45) is 2.66. The number of hydrogen-bond acceptors (Lipinski definition) is 3. The van der Waals surface area contributed by atoms with Crippen LogP contribution in [0.25, 0.3) is 0 Å². The number of aliphatic hydroxyl groups excluding tert-OH is 1. The lowest BCUT2D eigenvalue weighted by molar-refractivity contribution is 0.350. The average molecular weight is 313 g/mol. The summed E-state index contributed by atoms with van der Waals surface area (Å²) in [7, 11) is -2.38. The van der Waals surface area contributed by atoms with Crippen LogP contribution in [-0.4, -0.2) is 38.0 Å². The Balaban J connectivity index is 2.98. The van der Waals surface area contributed by atoms with Gasteiger partial charge in [0.05, 0.1) is 0 Å². The second kappa shape index (κ2) is 8.13. The van der Waals surface area contributed by atoms with Crippen LogP contribution in [0.15, 0.2) is 23.1 Å². The topological polar surface area (TPSA) is 57.6 Å². The third-order valence-corrected chi connectivity index (χ3v) is 4.90. The second-order valence-electron chi connectivity index (χ2n) is 4.64. The SMILES string of the molecule is CCCCCN(C)S(=O)(=O)c1ccc(C#CCO)cc1F. The minimum Gasteiger partial charge on any atom is -0.384 e. The van der Waals surface area contributed by atoms with Gasteiger partial charge in [-0.1, -0.05) is 31.6 Å². The summed E-state index contributed by atoms with van der Waals surface area (Å²) in [5.74, 6) is 4.09. The predicted molar refractivity (Wildman–Crippen MR) is 79.7 cm³/mol. The van der Waals surface area contributed by atoms with E-state index in [-0.39, 0.29) is 11.5 Å². The molecule has 0 amide bonds. The molecule has 6 heteroatoms. The molecule has 0 aromatic heterocycles. The predicted octanol–water partition coefficient (Wildman–Crippen LogP) is 1.98. The fraction of sp³-hybridized carbons (Fsp3) is 0.467. The number of aliphatic hydroxyl groups is 1. The first-order valence-corrected chi connectivity index (χ1v) is 8.23. The molecule has 1 rings (SSSR count). The van der Waals surface area contributed by atoms with Crippen molar-refractivity contribution in [1.82, 2.24) is 4.31 Å². The Morgan fingerprint density at radius 2 is 2.05 bits per heavy atom. The summed E-state index contributed by atoms with van der Waals surface area (Å²) >= 11 is 0. The standard InChI is InChI=1S/C15H20FNO3S/c1-3-4-5-10-17(2)21(19,20)15-9-8-13(7-6-11-18)12-14(15)16/h8-9,12,18H,3-5,10-11H2,1-2H3. The van der Waals surface area contributed by atoms with Crippen molar-refractivity contribution < 1.29 is 17.9 Å². The number of unbranched alkanes of at least 4 members (excludes halogenated alkanes) is 2. The third-order valence-electron chi connectivity index (χ3n) is 3.01. The van der Waals surface area contributed by atoms with Crippen molar-refractivity contribution in [1.29, 1.82) is 0 Å². The van der Waals surface area contributed by atoms with Crippen LogP contribution >= 0.6 is 0 Å². The van der Waals surface area contributed by atoms with E-state index in [1.54, 1.807) is 0 Å². The van der Waals surface area contributed by atoms with Crippen molar-refractivity contribution in [3.8, 4) is 11.8 Å². The van der Waals surface area contributed by atoms with E-state index < -0.39 is 15.8 Å². The molecule has 0 spiro atoms. The molecule has 0 atom stereocenters. The first-order chi connectivity index (χ1) is 9.93. The molecule has 1 aromatic carbocycles. The zero-order valence-corrected chi connectivity index (χ0v) is 13.1. The van der Waals surface area contributed by atoms with E-state index in [2.05, 4.69) is 11.8 Å². The van der Waals surface area contributed by atoms with Crippen LogP contribution in [0, 0.1) is 17.7 Å². The van der Waals surface area contributed by atoms with Crippen LogP contribution in [-0.2, 0) is 10.0 Å². The van der Waals surface area contributed by atoms with Gasteiger partial charge in [0.15, 0.2) is 0 Å². The summed E-state index contributed by atoms with van der Waals surface area (Å²) in [5.41, 5.74) is 0.328. The van der Waals surface area contributed by atoms with Crippen LogP contribution in [0.3, 0.4) is 0 Å². The molecule has 0 aliphatic heterocycles. The summed E-state index contributed by atoms with van der Waals surface area (Å²) in [6, 6.07) is 3.70. The smallest absolute Gasteiger partial charge is 0.245 e. The molecule has 0 radical (unpaired) electrons. The maximum atomic E-state index is 14.0. The Bertz CT molecular complexity index is 632. The van der Waals surface area contributed by atoms with Crippen LogP contribution in [0.2, 0.25) is 0 Å². The number of benzene rings is 1. The highest BCUT2D eigenvalue weighted by molar-refractivity contribution is 7.89. The molecular weight excluding hydrogens is 293 g/mol. The van der Waals surface area contributed by atoms with Crippen LogP contribution in [0.1, 0.15) is 31.7 Å². The van der Waals surface area contributed by atoms with Gasteiger partial charge in [0.25, 0.3) is 0 Å². The molecule has 0 fully saturated rings. The molecule has 21 heavy (non-hydrogen) atoms. The van der Waals surface area contributed by atoms with E-state index in [9.17, 15) is 12.8 Å². The summed E-state index contributed by atoms with van der Waals surface area (Å²) < 4.78 is 39.7. The average Bonchev–Trinajstić information content (AvgIpc) is 2.45. The number of hydrogen-bond donors (Lipinski definition) is 1. The van der Waals surface area contributed by atoms with E-state index in [1.165, 1.54) is 23.5 Å². The summed E-state index contributed by atoms with van der Waals surface area (Å²) in [6.45, 7) is 2.06. The first kappa shape index (κ1) is 17.6. The Morgan fingerprint density at radius 3 is 2.62 bits per heavy atom. The monoisotopic (exact) mass is 313 g/mol. The summed E-state index contributed by atoms with van der Waals surface area (Å²) in [4.78, 5) is -0.351. The quantitative estimate of drug-likeness (QED) is 0.645. The van der Waals surface area contributed by atoms with Crippen LogP contribution in [0.4, 0.5) is 4.39 Å². The van der Waals surface area contributed by atoms with Gasteiger partial charge in [-0.25, -0.2) is 17.1 Å². The molecule has 116 valence electrons. The lowest BCUT2D eigenvalue weighted by atomic mass is 10.2. The third kappa shape index (κ3) is 4.81. The number of nitrogens with zero attached hydrogens (tertiary/aromatic N) is 1. The van der Waals surface area contributed by atoms with Gasteiger partial charge in [-0.2, -0.15) is 0 Å². The Morgan fingerprint density at radius 1 is 1.33 bits per heavy atom. The Labute approximate surface area is 125 Å². The molecular formula is C15H20FNO3S. The minimum atomic E-state index is -3.83. The van der Waals surface area contributed by atoms with Crippen molar-refractivity contribution >= 4 is 10.0 Å². The van der Waals surface area contributed by atoms with Crippen LogP contribution in [0.5, 0.6) is 0 Å². The van der Waals surface area contributed by atoms with Crippen molar-refractivity contribution in [2.24, 2.45) is 0 Å². The normalized spacial score (nSPS) is 11.3. The highest BCUT2D eigenvalue weighted by Gasteiger charge is 2.24. The van der Waals surface area contributed by atoms with Gasteiger partial charge in [-0.05, 0) is 24.6 Å². The van der Waals surface area contributed by atoms with Crippen molar-refractivity contribution in [2.45, 2.75) is 31.1 Å². The Kier molecular flexibility index (Phi) is 6.82. The van der Waals surface area contributed by atoms with Gasteiger partial charge in [0.2, 0.25) is 10.0 Å². The molecule has 4 nitrogen and oxygen atoms in total. The van der Waals surface area contributed by atoms with Gasteiger partial charge < -0.3 is 5.11 Å². The minimum absolute atomic E-state index is 0.328. The lowest BCUT2D eigenvalue weighted by Crippen LogP contribution is -2.28. The maximum absolute atomic E-state index is 14.0. The highest BCUT2D eigenvalue weighted by Crippen LogP contribution is 2.19. The van der Waals surface area contributed by atoms with Gasteiger partial charge >= 0.3 is 0 Å². The van der Waals surface area contributed by atoms with Crippen LogP contribution < -0.4 is 0 Å². The molecule has 0 saturated carbocycles. The molecule has 0 aliphatic rings. The van der Waals surface area contributed by atoms with Gasteiger partial charge in [0, 0.05) is 19.2 Å². The van der Waals surface area contributed by atoms with Gasteiger partial charge in [-0.15, -0.1) is 0 Å². The first-order valence-electron chi connectivity index (χ1n) is 6.79. The number of halogens is 1. The number of rotatable bonds is 6. The highest BCUT2D eigenvalue weighted by atomic mass is 32.2. The molecule has 0 heterocycles. The fourth-order valence-electron chi connectivity index (χ4n) is 1.80. The number of sulfonamides is 1. The molecule has 0 saturated heterocycles. The van der Waals surface area contributed by atoms with E-state index in [1.807, 2.05) is 6.92 Å². The van der Waals surface area contributed by atoms with Crippen molar-refractivity contribution in [3.05, 3.63) is 29.6 Å². The molecule has 0 bridgehead atoms. The zero-order valence-electron chi connectivity index (χ0n) is 12.3. The maximum Gasteiger partial charge on any atom is 0.245 e.